The van der Waals surface area contributed by atoms with Crippen LogP contribution in [0.5, 0.6) is 0 Å². The molecule has 0 bridgehead atoms. The highest BCUT2D eigenvalue weighted by atomic mass is 79.9. The standard InChI is InChI=1S/C12H18N4S2.2BrH/c13-11(14)17-6-4-9-2-1-3-10(8-9)5-7-18-12(15)16;;/h1-3,8H,4-7H2,(H3,13,14)(H3,15,16);2*1H/p-2. The third-order valence-corrected chi connectivity index (χ3v) is 3.73. The number of amidine groups is 2. The van der Waals surface area contributed by atoms with Crippen LogP contribution < -0.4 is 45.4 Å². The number of aryl methyl sites for hydroxylation is 2. The second-order valence-corrected chi connectivity index (χ2v) is 6.02. The van der Waals surface area contributed by atoms with E-state index in [0.29, 0.717) is 0 Å². The van der Waals surface area contributed by atoms with Gasteiger partial charge >= 0.3 is 0 Å². The Morgan fingerprint density at radius 3 is 1.65 bits per heavy atom. The maximum atomic E-state index is 7.14. The maximum absolute atomic E-state index is 7.14. The quantitative estimate of drug-likeness (QED) is 0.267. The van der Waals surface area contributed by atoms with Gasteiger partial charge in [0.25, 0.3) is 0 Å². The minimum atomic E-state index is 0. The Morgan fingerprint density at radius 1 is 0.900 bits per heavy atom. The molecule has 0 aliphatic heterocycles. The molecule has 0 saturated carbocycles. The third-order valence-electron chi connectivity index (χ3n) is 2.29. The van der Waals surface area contributed by atoms with Gasteiger partial charge in [-0.15, -0.1) is 0 Å². The smallest absolute Gasteiger partial charge is 0.151 e. The van der Waals surface area contributed by atoms with E-state index in [1.54, 1.807) is 0 Å². The Morgan fingerprint density at radius 2 is 1.30 bits per heavy atom. The molecular formula is C12H18Br2N4S2-2. The zero-order chi connectivity index (χ0) is 13.4. The van der Waals surface area contributed by atoms with Gasteiger partial charge in [-0.2, -0.15) is 0 Å². The molecule has 0 fully saturated rings. The van der Waals surface area contributed by atoms with E-state index in [1.807, 2.05) is 6.07 Å². The van der Waals surface area contributed by atoms with Crippen LogP contribution in [-0.4, -0.2) is 21.8 Å². The van der Waals surface area contributed by atoms with E-state index < -0.39 is 0 Å². The molecule has 0 radical (unpaired) electrons. The van der Waals surface area contributed by atoms with Crippen LogP contribution in [0, 0.1) is 10.8 Å². The van der Waals surface area contributed by atoms with Crippen molar-refractivity contribution < 1.29 is 34.0 Å². The maximum Gasteiger partial charge on any atom is 0.151 e. The number of nitrogens with two attached hydrogens (primary N) is 2. The van der Waals surface area contributed by atoms with Gasteiger partial charge in [0.1, 0.15) is 0 Å². The van der Waals surface area contributed by atoms with Gasteiger partial charge in [-0.25, -0.2) is 0 Å². The molecule has 114 valence electrons. The van der Waals surface area contributed by atoms with Crippen LogP contribution in [0.4, 0.5) is 0 Å². The summed E-state index contributed by atoms with van der Waals surface area (Å²) in [4.78, 5) is 0. The summed E-state index contributed by atoms with van der Waals surface area (Å²) in [5.74, 6) is 1.67. The van der Waals surface area contributed by atoms with Gasteiger partial charge in [-0.3, -0.25) is 10.8 Å². The molecule has 0 aliphatic carbocycles. The second-order valence-electron chi connectivity index (χ2n) is 3.75. The van der Waals surface area contributed by atoms with Crippen molar-refractivity contribution in [2.45, 2.75) is 12.8 Å². The molecule has 1 rings (SSSR count). The summed E-state index contributed by atoms with van der Waals surface area (Å²) < 4.78 is 0. The molecule has 0 unspecified atom stereocenters. The molecule has 1 aromatic carbocycles. The average molecular weight is 442 g/mol. The summed E-state index contributed by atoms with van der Waals surface area (Å²) >= 11 is 2.73. The van der Waals surface area contributed by atoms with Gasteiger partial charge in [0, 0.05) is 11.5 Å². The number of benzene rings is 1. The van der Waals surface area contributed by atoms with E-state index in [2.05, 4.69) is 18.2 Å². The van der Waals surface area contributed by atoms with Crippen molar-refractivity contribution in [2.24, 2.45) is 11.5 Å². The lowest BCUT2D eigenvalue weighted by Crippen LogP contribution is -3.00. The largest absolute Gasteiger partial charge is 1.00 e. The van der Waals surface area contributed by atoms with Crippen molar-refractivity contribution in [1.82, 2.24) is 0 Å². The minimum Gasteiger partial charge on any atom is -1.00 e. The molecule has 1 aromatic rings. The van der Waals surface area contributed by atoms with Crippen LogP contribution in [0.1, 0.15) is 11.1 Å². The van der Waals surface area contributed by atoms with Crippen LogP contribution in [0.2, 0.25) is 0 Å². The molecule has 0 spiro atoms. The molecule has 0 atom stereocenters. The lowest BCUT2D eigenvalue weighted by Gasteiger charge is -2.05. The van der Waals surface area contributed by atoms with E-state index in [0.717, 1.165) is 24.3 Å². The van der Waals surface area contributed by atoms with Crippen molar-refractivity contribution in [3.63, 3.8) is 0 Å². The minimum absolute atomic E-state index is 0. The lowest BCUT2D eigenvalue weighted by molar-refractivity contribution is -0.00100. The van der Waals surface area contributed by atoms with Gasteiger partial charge in [0.05, 0.1) is 0 Å². The topological polar surface area (TPSA) is 99.7 Å². The van der Waals surface area contributed by atoms with Crippen LogP contribution >= 0.6 is 23.5 Å². The Labute approximate surface area is 149 Å². The first-order chi connectivity index (χ1) is 8.58. The first-order valence-corrected chi connectivity index (χ1v) is 7.56. The zero-order valence-corrected chi connectivity index (χ0v) is 15.7. The second kappa shape index (κ2) is 12.6. The Kier molecular flexibility index (Phi) is 13.9. The molecule has 4 nitrogen and oxygen atoms in total. The Bertz CT molecular complexity index is 394. The molecule has 20 heavy (non-hydrogen) atoms. The van der Waals surface area contributed by atoms with Crippen LogP contribution in [0.15, 0.2) is 24.3 Å². The predicted octanol–water partition coefficient (Wildman–Crippen LogP) is -3.97. The van der Waals surface area contributed by atoms with E-state index in [9.17, 15) is 0 Å². The number of hydrogen-bond acceptors (Lipinski definition) is 4. The van der Waals surface area contributed by atoms with Gasteiger partial charge < -0.3 is 45.4 Å². The Balaban J connectivity index is 0. The van der Waals surface area contributed by atoms with E-state index in [1.165, 1.54) is 34.7 Å². The summed E-state index contributed by atoms with van der Waals surface area (Å²) in [5.41, 5.74) is 13.1. The highest BCUT2D eigenvalue weighted by molar-refractivity contribution is 8.13. The number of rotatable bonds is 6. The fourth-order valence-electron chi connectivity index (χ4n) is 1.50. The SMILES string of the molecule is N=C(N)SCCc1cccc(CCSC(=N)N)c1.[Br-].[Br-]. The summed E-state index contributed by atoms with van der Waals surface area (Å²) in [7, 11) is 0. The normalized spacial score (nSPS) is 9.20. The number of nitrogens with one attached hydrogen (secondary N) is 2. The Hall–Kier alpha value is -0.180. The van der Waals surface area contributed by atoms with Crippen molar-refractivity contribution in [1.29, 1.82) is 10.8 Å². The molecule has 8 heteroatoms. The summed E-state index contributed by atoms with van der Waals surface area (Å²) in [6.07, 6.45) is 1.83. The van der Waals surface area contributed by atoms with Crippen molar-refractivity contribution in [3.05, 3.63) is 35.4 Å². The van der Waals surface area contributed by atoms with Gasteiger partial charge in [0.2, 0.25) is 0 Å². The van der Waals surface area contributed by atoms with Crippen LogP contribution in [0.25, 0.3) is 0 Å². The summed E-state index contributed by atoms with van der Waals surface area (Å²) in [6.45, 7) is 0. The number of halogens is 2. The number of thioether (sulfide) groups is 2. The van der Waals surface area contributed by atoms with Crippen molar-refractivity contribution in [2.75, 3.05) is 11.5 Å². The van der Waals surface area contributed by atoms with Gasteiger partial charge in [0.15, 0.2) is 10.3 Å². The predicted molar refractivity (Wildman–Crippen MR) is 82.6 cm³/mol. The van der Waals surface area contributed by atoms with Gasteiger partial charge in [-0.05, 0) is 24.0 Å². The molecular weight excluding hydrogens is 424 g/mol. The summed E-state index contributed by atoms with van der Waals surface area (Å²) in [5, 5.41) is 14.6. The molecule has 0 aromatic heterocycles. The molecule has 6 N–H and O–H groups in total. The van der Waals surface area contributed by atoms with E-state index >= 15 is 0 Å². The molecule has 0 saturated heterocycles. The van der Waals surface area contributed by atoms with E-state index in [-0.39, 0.29) is 44.3 Å². The number of hydrogen-bond donors (Lipinski definition) is 4. The van der Waals surface area contributed by atoms with Gasteiger partial charge in [-0.1, -0.05) is 47.8 Å². The van der Waals surface area contributed by atoms with Crippen LogP contribution in [-0.2, 0) is 12.8 Å². The third kappa shape index (κ3) is 10.6. The fourth-order valence-corrected chi connectivity index (χ4v) is 2.61. The van der Waals surface area contributed by atoms with Crippen molar-refractivity contribution in [3.8, 4) is 0 Å². The fraction of sp³-hybridized carbons (Fsp3) is 0.333. The average Bonchev–Trinajstić information content (AvgIpc) is 2.28. The highest BCUT2D eigenvalue weighted by Crippen LogP contribution is 2.12. The molecule has 0 aliphatic rings. The van der Waals surface area contributed by atoms with E-state index in [4.69, 9.17) is 22.3 Å². The highest BCUT2D eigenvalue weighted by Gasteiger charge is 1.99. The zero-order valence-electron chi connectivity index (χ0n) is 10.9. The monoisotopic (exact) mass is 440 g/mol. The first-order valence-electron chi connectivity index (χ1n) is 5.59. The lowest BCUT2D eigenvalue weighted by atomic mass is 10.1. The van der Waals surface area contributed by atoms with Crippen LogP contribution in [0.3, 0.4) is 0 Å². The van der Waals surface area contributed by atoms with Crippen molar-refractivity contribution >= 4 is 33.9 Å². The first kappa shape index (κ1) is 22.1. The summed E-state index contributed by atoms with van der Waals surface area (Å²) in [6, 6.07) is 8.38. The molecule has 0 amide bonds. The molecule has 0 heterocycles.